The van der Waals surface area contributed by atoms with E-state index in [1.807, 2.05) is 6.92 Å². The number of rotatable bonds is 6. The van der Waals surface area contributed by atoms with Gasteiger partial charge in [0, 0.05) is 12.5 Å². The molecule has 3 nitrogen and oxygen atoms in total. The first-order valence-electron chi connectivity index (χ1n) is 4.79. The molecular weight excluding hydrogens is 211 g/mol. The predicted octanol–water partition coefficient (Wildman–Crippen LogP) is 1.73. The number of alkyl halides is 3. The summed E-state index contributed by atoms with van der Waals surface area (Å²) in [5.41, 5.74) is 0. The fraction of sp³-hybridized carbons (Fsp3) is 0.889. The van der Waals surface area contributed by atoms with E-state index in [1.54, 1.807) is 6.92 Å². The molecule has 6 heteroatoms. The molecule has 0 heterocycles. The second-order valence-corrected chi connectivity index (χ2v) is 3.27. The summed E-state index contributed by atoms with van der Waals surface area (Å²) < 4.78 is 39.2. The Labute approximate surface area is 87.0 Å². The van der Waals surface area contributed by atoms with Crippen LogP contribution in [-0.4, -0.2) is 31.8 Å². The molecule has 15 heavy (non-hydrogen) atoms. The zero-order valence-electron chi connectivity index (χ0n) is 8.86. The highest BCUT2D eigenvalue weighted by molar-refractivity contribution is 5.78. The van der Waals surface area contributed by atoms with Crippen LogP contribution >= 0.6 is 0 Å². The Hall–Kier alpha value is -0.780. The normalized spacial score (nSPS) is 13.7. The Morgan fingerprint density at radius 2 is 2.07 bits per heavy atom. The van der Waals surface area contributed by atoms with E-state index in [2.05, 4.69) is 10.1 Å². The van der Waals surface area contributed by atoms with Gasteiger partial charge in [0.05, 0.1) is 6.61 Å². The standard InChI is InChI=1S/C9H16F3NO2/c1-3-7(2)8(14)13-4-5-15-6-9(10,11)12/h7H,3-6H2,1-2H3,(H,13,14). The van der Waals surface area contributed by atoms with Gasteiger partial charge >= 0.3 is 6.18 Å². The summed E-state index contributed by atoms with van der Waals surface area (Å²) >= 11 is 0. The fourth-order valence-electron chi connectivity index (χ4n) is 0.794. The van der Waals surface area contributed by atoms with Gasteiger partial charge in [-0.25, -0.2) is 0 Å². The molecule has 0 aliphatic rings. The first kappa shape index (κ1) is 14.2. The van der Waals surface area contributed by atoms with E-state index >= 15 is 0 Å². The third kappa shape index (κ3) is 8.23. The number of nitrogens with one attached hydrogen (secondary N) is 1. The van der Waals surface area contributed by atoms with Crippen molar-refractivity contribution in [1.82, 2.24) is 5.32 Å². The number of hydrogen-bond acceptors (Lipinski definition) is 2. The maximum absolute atomic E-state index is 11.6. The van der Waals surface area contributed by atoms with Gasteiger partial charge in [-0.1, -0.05) is 13.8 Å². The molecule has 0 radical (unpaired) electrons. The lowest BCUT2D eigenvalue weighted by Gasteiger charge is -2.11. The largest absolute Gasteiger partial charge is 0.411 e. The van der Waals surface area contributed by atoms with Gasteiger partial charge in [0.25, 0.3) is 0 Å². The molecular formula is C9H16F3NO2. The highest BCUT2D eigenvalue weighted by Crippen LogP contribution is 2.13. The van der Waals surface area contributed by atoms with Crippen LogP contribution in [0.4, 0.5) is 13.2 Å². The molecule has 1 amide bonds. The Bertz CT molecular complexity index is 194. The Morgan fingerprint density at radius 1 is 1.47 bits per heavy atom. The summed E-state index contributed by atoms with van der Waals surface area (Å²) in [6.07, 6.45) is -3.60. The Morgan fingerprint density at radius 3 is 2.53 bits per heavy atom. The zero-order valence-corrected chi connectivity index (χ0v) is 8.86. The van der Waals surface area contributed by atoms with Crippen LogP contribution in [0.2, 0.25) is 0 Å². The number of halogens is 3. The van der Waals surface area contributed by atoms with Gasteiger partial charge in [-0.3, -0.25) is 4.79 Å². The van der Waals surface area contributed by atoms with Crippen molar-refractivity contribution in [2.75, 3.05) is 19.8 Å². The number of carbonyl (C=O) groups is 1. The molecule has 0 saturated carbocycles. The van der Waals surface area contributed by atoms with Crippen molar-refractivity contribution in [1.29, 1.82) is 0 Å². The molecule has 0 aliphatic carbocycles. The molecule has 0 bridgehead atoms. The van der Waals surface area contributed by atoms with Crippen molar-refractivity contribution >= 4 is 5.91 Å². The van der Waals surface area contributed by atoms with Crippen molar-refractivity contribution < 1.29 is 22.7 Å². The summed E-state index contributed by atoms with van der Waals surface area (Å²) in [6, 6.07) is 0. The first-order chi connectivity index (χ1) is 6.87. The first-order valence-corrected chi connectivity index (χ1v) is 4.79. The molecule has 0 aromatic heterocycles. The lowest BCUT2D eigenvalue weighted by atomic mass is 10.1. The molecule has 0 aliphatic heterocycles. The second-order valence-electron chi connectivity index (χ2n) is 3.27. The maximum Gasteiger partial charge on any atom is 0.411 e. The molecule has 1 atom stereocenters. The summed E-state index contributed by atoms with van der Waals surface area (Å²) in [5, 5.41) is 2.49. The third-order valence-corrected chi connectivity index (χ3v) is 1.87. The summed E-state index contributed by atoms with van der Waals surface area (Å²) in [7, 11) is 0. The van der Waals surface area contributed by atoms with Crippen molar-refractivity contribution in [2.24, 2.45) is 5.92 Å². The molecule has 1 N–H and O–H groups in total. The smallest absolute Gasteiger partial charge is 0.370 e. The van der Waals surface area contributed by atoms with E-state index in [0.29, 0.717) is 6.42 Å². The van der Waals surface area contributed by atoms with Crippen LogP contribution in [-0.2, 0) is 9.53 Å². The monoisotopic (exact) mass is 227 g/mol. The number of amides is 1. The third-order valence-electron chi connectivity index (χ3n) is 1.87. The van der Waals surface area contributed by atoms with Crippen molar-refractivity contribution in [2.45, 2.75) is 26.4 Å². The van der Waals surface area contributed by atoms with Gasteiger partial charge < -0.3 is 10.1 Å². The Balaban J connectivity index is 3.43. The average molecular weight is 227 g/mol. The quantitative estimate of drug-likeness (QED) is 0.702. The van der Waals surface area contributed by atoms with Crippen LogP contribution in [0.3, 0.4) is 0 Å². The molecule has 1 unspecified atom stereocenters. The molecule has 0 aromatic rings. The number of hydrogen-bond donors (Lipinski definition) is 1. The predicted molar refractivity (Wildman–Crippen MR) is 49.3 cm³/mol. The summed E-state index contributed by atoms with van der Waals surface area (Å²) in [5.74, 6) is -0.277. The molecule has 90 valence electrons. The lowest BCUT2D eigenvalue weighted by Crippen LogP contribution is -2.32. The van der Waals surface area contributed by atoms with Gasteiger partial charge in [0.2, 0.25) is 5.91 Å². The van der Waals surface area contributed by atoms with E-state index < -0.39 is 12.8 Å². The van der Waals surface area contributed by atoms with Crippen LogP contribution in [0, 0.1) is 5.92 Å². The van der Waals surface area contributed by atoms with Crippen LogP contribution < -0.4 is 5.32 Å². The molecule has 0 rings (SSSR count). The van der Waals surface area contributed by atoms with E-state index in [9.17, 15) is 18.0 Å². The second kappa shape index (κ2) is 6.66. The molecule has 0 spiro atoms. The SMILES string of the molecule is CCC(C)C(=O)NCCOCC(F)(F)F. The lowest BCUT2D eigenvalue weighted by molar-refractivity contribution is -0.173. The van der Waals surface area contributed by atoms with Crippen LogP contribution in [0.1, 0.15) is 20.3 Å². The number of ether oxygens (including phenoxy) is 1. The topological polar surface area (TPSA) is 38.3 Å². The average Bonchev–Trinajstić information content (AvgIpc) is 2.14. The minimum atomic E-state index is -4.30. The Kier molecular flexibility index (Phi) is 6.31. The van der Waals surface area contributed by atoms with Gasteiger partial charge in [0.1, 0.15) is 6.61 Å². The van der Waals surface area contributed by atoms with Crippen LogP contribution in [0.5, 0.6) is 0 Å². The molecule has 0 saturated heterocycles. The number of carbonyl (C=O) groups excluding carboxylic acids is 1. The highest BCUT2D eigenvalue weighted by atomic mass is 19.4. The minimum absolute atomic E-state index is 0.110. The molecule has 0 fully saturated rings. The molecule has 0 aromatic carbocycles. The van der Waals surface area contributed by atoms with Crippen molar-refractivity contribution in [3.63, 3.8) is 0 Å². The van der Waals surface area contributed by atoms with E-state index in [4.69, 9.17) is 0 Å². The maximum atomic E-state index is 11.6. The van der Waals surface area contributed by atoms with Crippen molar-refractivity contribution in [3.8, 4) is 0 Å². The van der Waals surface area contributed by atoms with Crippen molar-refractivity contribution in [3.05, 3.63) is 0 Å². The van der Waals surface area contributed by atoms with Crippen LogP contribution in [0.15, 0.2) is 0 Å². The highest BCUT2D eigenvalue weighted by Gasteiger charge is 2.27. The van der Waals surface area contributed by atoms with Crippen LogP contribution in [0.25, 0.3) is 0 Å². The van der Waals surface area contributed by atoms with E-state index in [-0.39, 0.29) is 25.0 Å². The van der Waals surface area contributed by atoms with E-state index in [1.165, 1.54) is 0 Å². The summed E-state index contributed by atoms with van der Waals surface area (Å²) in [4.78, 5) is 11.1. The van der Waals surface area contributed by atoms with Gasteiger partial charge in [-0.2, -0.15) is 13.2 Å². The summed E-state index contributed by atoms with van der Waals surface area (Å²) in [6.45, 7) is 2.34. The zero-order chi connectivity index (χ0) is 11.9. The van der Waals surface area contributed by atoms with Gasteiger partial charge in [-0.15, -0.1) is 0 Å². The minimum Gasteiger partial charge on any atom is -0.370 e. The van der Waals surface area contributed by atoms with E-state index in [0.717, 1.165) is 0 Å². The fourth-order valence-corrected chi connectivity index (χ4v) is 0.794. The van der Waals surface area contributed by atoms with Gasteiger partial charge in [0.15, 0.2) is 0 Å². The van der Waals surface area contributed by atoms with Gasteiger partial charge in [-0.05, 0) is 6.42 Å².